The Balaban J connectivity index is 1.46. The molecule has 0 bridgehead atoms. The van der Waals surface area contributed by atoms with Gasteiger partial charge in [-0.2, -0.15) is 0 Å². The summed E-state index contributed by atoms with van der Waals surface area (Å²) >= 11 is 0. The van der Waals surface area contributed by atoms with Crippen LogP contribution in [0.2, 0.25) is 0 Å². The number of nitrogens with one attached hydrogen (secondary N) is 1. The van der Waals surface area contributed by atoms with E-state index in [-0.39, 0.29) is 0 Å². The number of piperidine rings is 1. The lowest BCUT2D eigenvalue weighted by Gasteiger charge is -2.36. The van der Waals surface area contributed by atoms with Gasteiger partial charge < -0.3 is 14.8 Å². The van der Waals surface area contributed by atoms with Crippen LogP contribution in [0.15, 0.2) is 12.4 Å². The van der Waals surface area contributed by atoms with Gasteiger partial charge in [0.05, 0.1) is 0 Å². The van der Waals surface area contributed by atoms with E-state index >= 15 is 0 Å². The SMILES string of the molecule is c1cn(C2CCN3CCCC3C2)c(NC2CCCC2)n1. The molecule has 0 amide bonds. The van der Waals surface area contributed by atoms with Crippen LogP contribution in [-0.4, -0.2) is 39.6 Å². The first-order valence-corrected chi connectivity index (χ1v) is 8.43. The van der Waals surface area contributed by atoms with Gasteiger partial charge in [0.15, 0.2) is 0 Å². The van der Waals surface area contributed by atoms with Gasteiger partial charge >= 0.3 is 0 Å². The molecule has 2 unspecified atom stereocenters. The topological polar surface area (TPSA) is 33.1 Å². The minimum atomic E-state index is 0.653. The van der Waals surface area contributed by atoms with Crippen molar-refractivity contribution in [1.82, 2.24) is 14.5 Å². The molecule has 0 spiro atoms. The molecule has 3 aliphatic rings. The van der Waals surface area contributed by atoms with Crippen LogP contribution in [0.3, 0.4) is 0 Å². The maximum atomic E-state index is 4.58. The lowest BCUT2D eigenvalue weighted by Crippen LogP contribution is -2.38. The molecule has 1 N–H and O–H groups in total. The predicted molar refractivity (Wildman–Crippen MR) is 81.0 cm³/mol. The van der Waals surface area contributed by atoms with E-state index in [2.05, 4.69) is 26.0 Å². The van der Waals surface area contributed by atoms with Gasteiger partial charge in [-0.05, 0) is 45.1 Å². The van der Waals surface area contributed by atoms with Gasteiger partial charge in [-0.15, -0.1) is 0 Å². The van der Waals surface area contributed by atoms with Crippen molar-refractivity contribution in [3.05, 3.63) is 12.4 Å². The standard InChI is InChI=1S/C16H26N4/c1-2-5-13(4-1)18-16-17-8-11-20(16)15-7-10-19-9-3-6-14(19)12-15/h8,11,13-15H,1-7,9-10,12H2,(H,17,18). The molecule has 1 aromatic heterocycles. The molecule has 2 aliphatic heterocycles. The molecule has 0 aromatic carbocycles. The lowest BCUT2D eigenvalue weighted by atomic mass is 9.97. The molecule has 4 rings (SSSR count). The third-order valence-corrected chi connectivity index (χ3v) is 5.54. The van der Waals surface area contributed by atoms with Crippen molar-refractivity contribution >= 4 is 5.95 Å². The van der Waals surface area contributed by atoms with E-state index in [1.807, 2.05) is 6.20 Å². The van der Waals surface area contributed by atoms with Crippen LogP contribution in [0.5, 0.6) is 0 Å². The van der Waals surface area contributed by atoms with Gasteiger partial charge in [-0.1, -0.05) is 12.8 Å². The number of rotatable bonds is 3. The summed E-state index contributed by atoms with van der Waals surface area (Å²) in [5.74, 6) is 1.12. The van der Waals surface area contributed by atoms with Crippen molar-refractivity contribution in [3.8, 4) is 0 Å². The molecule has 4 nitrogen and oxygen atoms in total. The first-order chi connectivity index (χ1) is 9.90. The molecule has 1 aromatic rings. The smallest absolute Gasteiger partial charge is 0.203 e. The third kappa shape index (κ3) is 2.34. The highest BCUT2D eigenvalue weighted by molar-refractivity contribution is 5.29. The zero-order chi connectivity index (χ0) is 13.4. The quantitative estimate of drug-likeness (QED) is 0.919. The Bertz CT molecular complexity index is 449. The fourth-order valence-electron chi connectivity index (χ4n) is 4.43. The Morgan fingerprint density at radius 1 is 1.00 bits per heavy atom. The summed E-state index contributed by atoms with van der Waals surface area (Å²) in [6.07, 6.45) is 14.9. The van der Waals surface area contributed by atoms with Gasteiger partial charge in [-0.3, -0.25) is 0 Å². The molecular formula is C16H26N4. The maximum Gasteiger partial charge on any atom is 0.203 e. The first-order valence-electron chi connectivity index (χ1n) is 8.43. The van der Waals surface area contributed by atoms with Crippen molar-refractivity contribution in [1.29, 1.82) is 0 Å². The predicted octanol–water partition coefficient (Wildman–Crippen LogP) is 3.04. The van der Waals surface area contributed by atoms with Crippen LogP contribution in [0.1, 0.15) is 57.4 Å². The second-order valence-corrected chi connectivity index (χ2v) is 6.79. The van der Waals surface area contributed by atoms with E-state index < -0.39 is 0 Å². The van der Waals surface area contributed by atoms with Crippen LogP contribution in [0, 0.1) is 0 Å². The monoisotopic (exact) mass is 274 g/mol. The highest BCUT2D eigenvalue weighted by Gasteiger charge is 2.33. The summed E-state index contributed by atoms with van der Waals surface area (Å²) in [5.41, 5.74) is 0. The van der Waals surface area contributed by atoms with Crippen molar-refractivity contribution in [2.45, 2.75) is 69.5 Å². The van der Waals surface area contributed by atoms with E-state index in [0.717, 1.165) is 12.0 Å². The average Bonchev–Trinajstić information content (AvgIpc) is 3.19. The van der Waals surface area contributed by atoms with E-state index in [0.29, 0.717) is 12.1 Å². The fraction of sp³-hybridized carbons (Fsp3) is 0.812. The largest absolute Gasteiger partial charge is 0.353 e. The molecular weight excluding hydrogens is 248 g/mol. The van der Waals surface area contributed by atoms with Crippen molar-refractivity contribution < 1.29 is 0 Å². The highest BCUT2D eigenvalue weighted by Crippen LogP contribution is 2.34. The van der Waals surface area contributed by atoms with Gasteiger partial charge in [0.2, 0.25) is 5.95 Å². The van der Waals surface area contributed by atoms with Gasteiger partial charge in [0.25, 0.3) is 0 Å². The number of hydrogen-bond acceptors (Lipinski definition) is 3. The Morgan fingerprint density at radius 2 is 1.90 bits per heavy atom. The number of hydrogen-bond donors (Lipinski definition) is 1. The molecule has 3 fully saturated rings. The molecule has 20 heavy (non-hydrogen) atoms. The molecule has 1 aliphatic carbocycles. The Kier molecular flexibility index (Phi) is 3.42. The molecule has 4 heteroatoms. The second kappa shape index (κ2) is 5.40. The van der Waals surface area contributed by atoms with Gasteiger partial charge in [-0.25, -0.2) is 4.98 Å². The molecule has 1 saturated carbocycles. The van der Waals surface area contributed by atoms with Crippen molar-refractivity contribution in [3.63, 3.8) is 0 Å². The zero-order valence-electron chi connectivity index (χ0n) is 12.3. The minimum Gasteiger partial charge on any atom is -0.353 e. The van der Waals surface area contributed by atoms with Crippen LogP contribution in [-0.2, 0) is 0 Å². The summed E-state index contributed by atoms with van der Waals surface area (Å²) in [6.45, 7) is 2.60. The second-order valence-electron chi connectivity index (χ2n) is 6.79. The number of imidazole rings is 1. The average molecular weight is 274 g/mol. The van der Waals surface area contributed by atoms with Crippen LogP contribution < -0.4 is 5.32 Å². The Hall–Kier alpha value is -1.03. The number of fused-ring (bicyclic) bond motifs is 1. The normalized spacial score (nSPS) is 31.6. The first kappa shape index (κ1) is 12.7. The summed E-state index contributed by atoms with van der Waals surface area (Å²) in [7, 11) is 0. The lowest BCUT2D eigenvalue weighted by molar-refractivity contribution is 0.156. The molecule has 2 saturated heterocycles. The van der Waals surface area contributed by atoms with E-state index in [1.165, 1.54) is 64.5 Å². The van der Waals surface area contributed by atoms with Crippen LogP contribution >= 0.6 is 0 Å². The molecule has 3 heterocycles. The fourth-order valence-corrected chi connectivity index (χ4v) is 4.43. The van der Waals surface area contributed by atoms with Crippen LogP contribution in [0.25, 0.3) is 0 Å². The molecule has 0 radical (unpaired) electrons. The summed E-state index contributed by atoms with van der Waals surface area (Å²) < 4.78 is 2.42. The summed E-state index contributed by atoms with van der Waals surface area (Å²) in [5, 5.41) is 3.68. The van der Waals surface area contributed by atoms with Crippen molar-refractivity contribution in [2.24, 2.45) is 0 Å². The summed E-state index contributed by atoms with van der Waals surface area (Å²) in [6, 6.07) is 2.14. The number of anilines is 1. The van der Waals surface area contributed by atoms with Crippen molar-refractivity contribution in [2.75, 3.05) is 18.4 Å². The van der Waals surface area contributed by atoms with Crippen LogP contribution in [0.4, 0.5) is 5.95 Å². The minimum absolute atomic E-state index is 0.653. The third-order valence-electron chi connectivity index (χ3n) is 5.54. The summed E-state index contributed by atoms with van der Waals surface area (Å²) in [4.78, 5) is 7.27. The zero-order valence-corrected chi connectivity index (χ0v) is 12.3. The molecule has 2 atom stereocenters. The van der Waals surface area contributed by atoms with E-state index in [9.17, 15) is 0 Å². The number of nitrogens with zero attached hydrogens (tertiary/aromatic N) is 3. The maximum absolute atomic E-state index is 4.58. The van der Waals surface area contributed by atoms with Gasteiger partial charge in [0.1, 0.15) is 0 Å². The Morgan fingerprint density at radius 3 is 2.80 bits per heavy atom. The Labute approximate surface area is 121 Å². The van der Waals surface area contributed by atoms with E-state index in [4.69, 9.17) is 0 Å². The number of aromatic nitrogens is 2. The highest BCUT2D eigenvalue weighted by atomic mass is 15.3. The molecule has 110 valence electrons. The van der Waals surface area contributed by atoms with Gasteiger partial charge in [0, 0.05) is 37.1 Å². The van der Waals surface area contributed by atoms with E-state index in [1.54, 1.807) is 0 Å².